The molecule has 0 aliphatic heterocycles. The highest BCUT2D eigenvalue weighted by Gasteiger charge is 2.01. The lowest BCUT2D eigenvalue weighted by Crippen LogP contribution is -2.07. The fourth-order valence-corrected chi connectivity index (χ4v) is 1.36. The molecular weight excluding hydrogens is 176 g/mol. The molecule has 0 unspecified atom stereocenters. The molecule has 1 atom stereocenters. The lowest BCUT2D eigenvalue weighted by molar-refractivity contribution is 0.195. The van der Waals surface area contributed by atoms with Gasteiger partial charge < -0.3 is 9.84 Å². The first kappa shape index (κ1) is 11.1. The zero-order valence-electron chi connectivity index (χ0n) is 9.03. The third kappa shape index (κ3) is 3.79. The lowest BCUT2D eigenvalue weighted by Gasteiger charge is -2.11. The molecule has 0 amide bonds. The van der Waals surface area contributed by atoms with E-state index in [1.165, 1.54) is 0 Å². The minimum Gasteiger partial charge on any atom is -0.491 e. The fourth-order valence-electron chi connectivity index (χ4n) is 1.36. The van der Waals surface area contributed by atoms with Gasteiger partial charge >= 0.3 is 0 Å². The van der Waals surface area contributed by atoms with Crippen molar-refractivity contribution in [2.24, 2.45) is 0 Å². The molecule has 0 saturated carbocycles. The predicted molar refractivity (Wildman–Crippen MR) is 57.6 cm³/mol. The molecule has 1 N–H and O–H groups in total. The Bertz CT molecular complexity index is 254. The van der Waals surface area contributed by atoms with Crippen molar-refractivity contribution in [3.63, 3.8) is 0 Å². The van der Waals surface area contributed by atoms with Crippen molar-refractivity contribution < 1.29 is 9.84 Å². The van der Waals surface area contributed by atoms with Gasteiger partial charge in [0.15, 0.2) is 0 Å². The van der Waals surface area contributed by atoms with E-state index >= 15 is 0 Å². The molecule has 0 spiro atoms. The lowest BCUT2D eigenvalue weighted by atomic mass is 10.1. The maximum absolute atomic E-state index is 9.24. The Morgan fingerprint density at radius 1 is 1.29 bits per heavy atom. The monoisotopic (exact) mass is 194 g/mol. The maximum Gasteiger partial charge on any atom is 0.119 e. The van der Waals surface area contributed by atoms with E-state index in [9.17, 15) is 5.11 Å². The average molecular weight is 194 g/mol. The summed E-state index contributed by atoms with van der Waals surface area (Å²) < 4.78 is 5.55. The first-order valence-electron chi connectivity index (χ1n) is 5.01. The zero-order valence-corrected chi connectivity index (χ0v) is 9.03. The first-order valence-corrected chi connectivity index (χ1v) is 5.01. The molecule has 1 rings (SSSR count). The summed E-state index contributed by atoms with van der Waals surface area (Å²) in [6.45, 7) is 5.79. The number of hydrogen-bond acceptors (Lipinski definition) is 2. The van der Waals surface area contributed by atoms with Crippen molar-refractivity contribution in [1.29, 1.82) is 0 Å². The van der Waals surface area contributed by atoms with Gasteiger partial charge in [-0.1, -0.05) is 12.1 Å². The minimum absolute atomic E-state index is 0.191. The Balaban J connectivity index is 2.68. The van der Waals surface area contributed by atoms with Crippen LogP contribution in [-0.2, 0) is 6.42 Å². The van der Waals surface area contributed by atoms with Crippen LogP contribution < -0.4 is 4.74 Å². The zero-order chi connectivity index (χ0) is 10.6. The van der Waals surface area contributed by atoms with Crippen molar-refractivity contribution in [1.82, 2.24) is 0 Å². The molecule has 14 heavy (non-hydrogen) atoms. The van der Waals surface area contributed by atoms with Crippen LogP contribution in [0.15, 0.2) is 24.3 Å². The van der Waals surface area contributed by atoms with Crippen molar-refractivity contribution in [2.45, 2.75) is 39.4 Å². The van der Waals surface area contributed by atoms with Crippen LogP contribution in [0, 0.1) is 0 Å². The molecule has 1 aromatic carbocycles. The summed E-state index contributed by atoms with van der Waals surface area (Å²) in [5.74, 6) is 0.873. The third-order valence-electron chi connectivity index (χ3n) is 1.80. The van der Waals surface area contributed by atoms with Gasteiger partial charge in [-0.3, -0.25) is 0 Å². The fraction of sp³-hybridized carbons (Fsp3) is 0.500. The van der Waals surface area contributed by atoms with Crippen LogP contribution in [0.4, 0.5) is 0 Å². The minimum atomic E-state index is -0.302. The second-order valence-electron chi connectivity index (χ2n) is 3.87. The summed E-state index contributed by atoms with van der Waals surface area (Å²) in [4.78, 5) is 0. The van der Waals surface area contributed by atoms with Gasteiger partial charge in [-0.25, -0.2) is 0 Å². The molecule has 0 radical (unpaired) electrons. The highest BCUT2D eigenvalue weighted by atomic mass is 16.5. The van der Waals surface area contributed by atoms with Gasteiger partial charge in [0.05, 0.1) is 12.2 Å². The number of benzene rings is 1. The van der Waals surface area contributed by atoms with Crippen molar-refractivity contribution in [3.8, 4) is 5.75 Å². The first-order chi connectivity index (χ1) is 6.58. The molecule has 0 aliphatic rings. The number of aliphatic hydroxyl groups excluding tert-OH is 1. The Hall–Kier alpha value is -1.02. The third-order valence-corrected chi connectivity index (χ3v) is 1.80. The molecule has 0 bridgehead atoms. The molecule has 2 nitrogen and oxygen atoms in total. The van der Waals surface area contributed by atoms with Gasteiger partial charge in [-0.05, 0) is 44.9 Å². The molecular formula is C12H18O2. The summed E-state index contributed by atoms with van der Waals surface area (Å²) in [5, 5.41) is 9.24. The summed E-state index contributed by atoms with van der Waals surface area (Å²) in [6.07, 6.45) is 0.566. The van der Waals surface area contributed by atoms with Crippen molar-refractivity contribution in [2.75, 3.05) is 0 Å². The van der Waals surface area contributed by atoms with E-state index in [0.717, 1.165) is 11.3 Å². The van der Waals surface area contributed by atoms with Gasteiger partial charge in [0.2, 0.25) is 0 Å². The van der Waals surface area contributed by atoms with Crippen molar-refractivity contribution in [3.05, 3.63) is 29.8 Å². The number of ether oxygens (including phenoxy) is 1. The summed E-state index contributed by atoms with van der Waals surface area (Å²) in [7, 11) is 0. The van der Waals surface area contributed by atoms with E-state index < -0.39 is 0 Å². The predicted octanol–water partition coefficient (Wildman–Crippen LogP) is 2.40. The van der Waals surface area contributed by atoms with Crippen LogP contribution in [0.3, 0.4) is 0 Å². The van der Waals surface area contributed by atoms with Gasteiger partial charge in [0, 0.05) is 0 Å². The molecule has 1 aromatic rings. The standard InChI is InChI=1S/C12H18O2/c1-9(2)14-12-6-4-5-11(8-12)7-10(3)13/h4-6,8-10,13H,7H2,1-3H3/t10-/m1/s1. The van der Waals surface area contributed by atoms with Crippen LogP contribution in [0.25, 0.3) is 0 Å². The highest BCUT2D eigenvalue weighted by Crippen LogP contribution is 2.15. The van der Waals surface area contributed by atoms with E-state index in [1.807, 2.05) is 38.1 Å². The van der Waals surface area contributed by atoms with Gasteiger partial charge in [-0.15, -0.1) is 0 Å². The summed E-state index contributed by atoms with van der Waals surface area (Å²) in [6, 6.07) is 7.87. The second kappa shape index (κ2) is 5.01. The largest absolute Gasteiger partial charge is 0.491 e. The highest BCUT2D eigenvalue weighted by molar-refractivity contribution is 5.29. The SMILES string of the molecule is CC(C)Oc1cccc(C[C@@H](C)O)c1. The average Bonchev–Trinajstić information content (AvgIpc) is 2.01. The van der Waals surface area contributed by atoms with E-state index in [0.29, 0.717) is 6.42 Å². The number of hydrogen-bond donors (Lipinski definition) is 1. The Morgan fingerprint density at radius 2 is 2.00 bits per heavy atom. The number of aliphatic hydroxyl groups is 1. The second-order valence-corrected chi connectivity index (χ2v) is 3.87. The molecule has 0 saturated heterocycles. The van der Waals surface area contributed by atoms with Crippen LogP contribution in [0.2, 0.25) is 0 Å². The maximum atomic E-state index is 9.24. The van der Waals surface area contributed by atoms with Crippen LogP contribution in [0.1, 0.15) is 26.3 Å². The summed E-state index contributed by atoms with van der Waals surface area (Å²) >= 11 is 0. The summed E-state index contributed by atoms with van der Waals surface area (Å²) in [5.41, 5.74) is 1.11. The molecule has 2 heteroatoms. The van der Waals surface area contributed by atoms with E-state index in [2.05, 4.69) is 0 Å². The van der Waals surface area contributed by atoms with Gasteiger partial charge in [0.25, 0.3) is 0 Å². The van der Waals surface area contributed by atoms with E-state index in [1.54, 1.807) is 6.92 Å². The Kier molecular flexibility index (Phi) is 3.96. The normalized spacial score (nSPS) is 12.9. The topological polar surface area (TPSA) is 29.5 Å². The quantitative estimate of drug-likeness (QED) is 0.797. The molecule has 0 heterocycles. The molecule has 0 fully saturated rings. The van der Waals surface area contributed by atoms with Crippen LogP contribution >= 0.6 is 0 Å². The molecule has 78 valence electrons. The van der Waals surface area contributed by atoms with E-state index in [4.69, 9.17) is 4.74 Å². The smallest absolute Gasteiger partial charge is 0.119 e. The van der Waals surface area contributed by atoms with Crippen molar-refractivity contribution >= 4 is 0 Å². The van der Waals surface area contributed by atoms with Gasteiger partial charge in [0.1, 0.15) is 5.75 Å². The van der Waals surface area contributed by atoms with Gasteiger partial charge in [-0.2, -0.15) is 0 Å². The Labute approximate surface area is 85.5 Å². The number of rotatable bonds is 4. The van der Waals surface area contributed by atoms with E-state index in [-0.39, 0.29) is 12.2 Å². The van der Waals surface area contributed by atoms with Crippen LogP contribution in [0.5, 0.6) is 5.75 Å². The molecule has 0 aliphatic carbocycles. The Morgan fingerprint density at radius 3 is 2.57 bits per heavy atom. The van der Waals surface area contributed by atoms with Crippen LogP contribution in [-0.4, -0.2) is 17.3 Å². The molecule has 0 aromatic heterocycles.